The molecule has 1 heterocycles. The predicted octanol–water partition coefficient (Wildman–Crippen LogP) is 4.40. The zero-order valence-corrected chi connectivity index (χ0v) is 16.6. The molecule has 1 amide bonds. The molecule has 0 bridgehead atoms. The number of hydrogen-bond acceptors (Lipinski definition) is 3. The van der Waals surface area contributed by atoms with Gasteiger partial charge in [-0.15, -0.1) is 0 Å². The third kappa shape index (κ3) is 3.36. The van der Waals surface area contributed by atoms with Gasteiger partial charge in [-0.05, 0) is 60.6 Å². The standard InChI is InChI=1S/C21H16ClF4N3O2/c22-10-4-14(13-8-27-29-17(13)5-10)20(31)6-11-12(7-20)18(11)28-19(30)9-1-2-16(23)15(3-9)21(24,25)26/h1-5,8,11-12,18,31H,6-7H2,(H,27,29)(H,28,30). The Balaban J connectivity index is 1.31. The topological polar surface area (TPSA) is 78.0 Å². The number of fused-ring (bicyclic) bond motifs is 2. The Morgan fingerprint density at radius 1 is 1.23 bits per heavy atom. The summed E-state index contributed by atoms with van der Waals surface area (Å²) in [5.41, 5.74) is -1.50. The van der Waals surface area contributed by atoms with Crippen molar-refractivity contribution in [1.29, 1.82) is 0 Å². The second-order valence-electron chi connectivity index (χ2n) is 8.24. The molecule has 1 aromatic heterocycles. The van der Waals surface area contributed by atoms with Crippen molar-refractivity contribution in [1.82, 2.24) is 15.5 Å². The maximum atomic E-state index is 13.5. The molecule has 0 saturated heterocycles. The van der Waals surface area contributed by atoms with Crippen molar-refractivity contribution in [3.8, 4) is 0 Å². The van der Waals surface area contributed by atoms with E-state index in [0.717, 1.165) is 11.5 Å². The van der Waals surface area contributed by atoms with Gasteiger partial charge in [-0.25, -0.2) is 4.39 Å². The molecule has 10 heteroatoms. The van der Waals surface area contributed by atoms with Gasteiger partial charge in [0.2, 0.25) is 0 Å². The van der Waals surface area contributed by atoms with Crippen molar-refractivity contribution in [3.05, 3.63) is 64.1 Å². The largest absolute Gasteiger partial charge is 0.419 e. The van der Waals surface area contributed by atoms with E-state index in [0.29, 0.717) is 41.1 Å². The van der Waals surface area contributed by atoms with Gasteiger partial charge in [0.05, 0.1) is 22.9 Å². The lowest BCUT2D eigenvalue weighted by Crippen LogP contribution is -2.33. The summed E-state index contributed by atoms with van der Waals surface area (Å²) < 4.78 is 52.2. The van der Waals surface area contributed by atoms with Crippen molar-refractivity contribution < 1.29 is 27.5 Å². The molecule has 2 saturated carbocycles. The Bertz CT molecular complexity index is 1200. The number of hydrogen-bond donors (Lipinski definition) is 3. The maximum Gasteiger partial charge on any atom is 0.419 e. The highest BCUT2D eigenvalue weighted by molar-refractivity contribution is 6.31. The van der Waals surface area contributed by atoms with Gasteiger partial charge < -0.3 is 10.4 Å². The Morgan fingerprint density at radius 2 is 1.94 bits per heavy atom. The molecule has 3 aromatic rings. The van der Waals surface area contributed by atoms with Crippen LogP contribution >= 0.6 is 11.6 Å². The summed E-state index contributed by atoms with van der Waals surface area (Å²) in [5.74, 6) is -2.16. The minimum atomic E-state index is -4.89. The number of carbonyl (C=O) groups is 1. The van der Waals surface area contributed by atoms with Gasteiger partial charge in [-0.3, -0.25) is 9.89 Å². The summed E-state index contributed by atoms with van der Waals surface area (Å²) in [5, 5.41) is 22.0. The third-order valence-corrected chi connectivity index (χ3v) is 6.55. The highest BCUT2D eigenvalue weighted by Crippen LogP contribution is 2.60. The van der Waals surface area contributed by atoms with Crippen molar-refractivity contribution >= 4 is 28.4 Å². The third-order valence-electron chi connectivity index (χ3n) is 6.33. The molecule has 31 heavy (non-hydrogen) atoms. The fraction of sp³-hybridized carbons (Fsp3) is 0.333. The number of H-pyrrole nitrogens is 1. The Labute approximate surface area is 178 Å². The van der Waals surface area contributed by atoms with Gasteiger partial charge in [0.15, 0.2) is 0 Å². The average molecular weight is 454 g/mol. The smallest absolute Gasteiger partial charge is 0.385 e. The number of aromatic nitrogens is 2. The van der Waals surface area contributed by atoms with Gasteiger partial charge in [-0.2, -0.15) is 18.3 Å². The molecule has 2 fully saturated rings. The van der Waals surface area contributed by atoms with Gasteiger partial charge >= 0.3 is 6.18 Å². The van der Waals surface area contributed by atoms with Crippen molar-refractivity contribution in [3.63, 3.8) is 0 Å². The molecule has 2 aromatic carbocycles. The van der Waals surface area contributed by atoms with E-state index >= 15 is 0 Å². The first-order valence-corrected chi connectivity index (χ1v) is 9.98. The SMILES string of the molecule is O=C(NC1C2CC(O)(c3cc(Cl)cc4[nH]ncc34)CC21)c1ccc(F)c(C(F)(F)F)c1. The zero-order valence-electron chi connectivity index (χ0n) is 15.8. The van der Waals surface area contributed by atoms with Crippen LogP contribution in [0.3, 0.4) is 0 Å². The van der Waals surface area contributed by atoms with Crippen molar-refractivity contribution in [2.75, 3.05) is 0 Å². The number of halogens is 5. The summed E-state index contributed by atoms with van der Waals surface area (Å²) in [4.78, 5) is 12.4. The van der Waals surface area contributed by atoms with E-state index < -0.39 is 29.1 Å². The summed E-state index contributed by atoms with van der Waals surface area (Å²) in [6.07, 6.45) is -2.52. The maximum absolute atomic E-state index is 13.5. The van der Waals surface area contributed by atoms with Crippen LogP contribution in [0.5, 0.6) is 0 Å². The van der Waals surface area contributed by atoms with Crippen LogP contribution in [-0.4, -0.2) is 27.3 Å². The van der Waals surface area contributed by atoms with E-state index in [1.54, 1.807) is 18.3 Å². The molecule has 5 rings (SSSR count). The van der Waals surface area contributed by atoms with Crippen LogP contribution in [0.25, 0.3) is 10.9 Å². The number of carbonyl (C=O) groups excluding carboxylic acids is 1. The van der Waals surface area contributed by atoms with Crippen LogP contribution in [-0.2, 0) is 11.8 Å². The predicted molar refractivity (Wildman–Crippen MR) is 104 cm³/mol. The number of aliphatic hydroxyl groups is 1. The van der Waals surface area contributed by atoms with Crippen LogP contribution < -0.4 is 5.32 Å². The highest BCUT2D eigenvalue weighted by atomic mass is 35.5. The van der Waals surface area contributed by atoms with E-state index in [2.05, 4.69) is 15.5 Å². The molecular weight excluding hydrogens is 438 g/mol. The van der Waals surface area contributed by atoms with E-state index in [-0.39, 0.29) is 23.4 Å². The molecule has 2 unspecified atom stereocenters. The van der Waals surface area contributed by atoms with E-state index in [9.17, 15) is 27.5 Å². The van der Waals surface area contributed by atoms with Crippen LogP contribution in [0, 0.1) is 17.7 Å². The Kier molecular flexibility index (Phi) is 4.36. The highest BCUT2D eigenvalue weighted by Gasteiger charge is 2.62. The van der Waals surface area contributed by atoms with Gasteiger partial charge in [0.25, 0.3) is 5.91 Å². The lowest BCUT2D eigenvalue weighted by atomic mass is 9.86. The second-order valence-corrected chi connectivity index (χ2v) is 8.68. The molecule has 2 aliphatic rings. The summed E-state index contributed by atoms with van der Waals surface area (Å²) in [7, 11) is 0. The lowest BCUT2D eigenvalue weighted by molar-refractivity contribution is -0.140. The number of rotatable bonds is 3. The first-order valence-electron chi connectivity index (χ1n) is 9.60. The fourth-order valence-electron chi connectivity index (χ4n) is 4.82. The van der Waals surface area contributed by atoms with Crippen molar-refractivity contribution in [2.45, 2.75) is 30.7 Å². The zero-order chi connectivity index (χ0) is 22.1. The number of alkyl halides is 3. The molecule has 3 N–H and O–H groups in total. The van der Waals surface area contributed by atoms with Gasteiger partial charge in [-0.1, -0.05) is 11.6 Å². The normalized spacial score (nSPS) is 27.4. The fourth-order valence-corrected chi connectivity index (χ4v) is 5.04. The number of benzene rings is 2. The van der Waals surface area contributed by atoms with Crippen LogP contribution in [0.15, 0.2) is 36.5 Å². The lowest BCUT2D eigenvalue weighted by Gasteiger charge is -2.27. The van der Waals surface area contributed by atoms with Crippen LogP contribution in [0.1, 0.15) is 34.3 Å². The number of amides is 1. The first kappa shape index (κ1) is 20.3. The minimum absolute atomic E-state index is 0.0163. The summed E-state index contributed by atoms with van der Waals surface area (Å²) in [6.45, 7) is 0. The molecule has 162 valence electrons. The van der Waals surface area contributed by atoms with E-state index in [4.69, 9.17) is 11.6 Å². The Morgan fingerprint density at radius 3 is 2.61 bits per heavy atom. The van der Waals surface area contributed by atoms with Crippen LogP contribution in [0.4, 0.5) is 17.6 Å². The quantitative estimate of drug-likeness (QED) is 0.514. The van der Waals surface area contributed by atoms with Crippen LogP contribution in [0.2, 0.25) is 5.02 Å². The molecule has 0 aliphatic heterocycles. The molecule has 2 aliphatic carbocycles. The van der Waals surface area contributed by atoms with Gasteiger partial charge in [0.1, 0.15) is 5.82 Å². The summed E-state index contributed by atoms with van der Waals surface area (Å²) >= 11 is 6.17. The number of nitrogens with one attached hydrogen (secondary N) is 2. The molecule has 2 atom stereocenters. The number of aromatic amines is 1. The van der Waals surface area contributed by atoms with E-state index in [1.807, 2.05) is 0 Å². The number of nitrogens with zero attached hydrogens (tertiary/aromatic N) is 1. The van der Waals surface area contributed by atoms with Gasteiger partial charge in [0, 0.05) is 22.0 Å². The minimum Gasteiger partial charge on any atom is -0.385 e. The average Bonchev–Trinajstić information content (AvgIpc) is 3.05. The van der Waals surface area contributed by atoms with E-state index in [1.165, 1.54) is 0 Å². The monoisotopic (exact) mass is 453 g/mol. The molecular formula is C21H16ClF4N3O2. The van der Waals surface area contributed by atoms with Crippen molar-refractivity contribution in [2.24, 2.45) is 11.8 Å². The summed E-state index contributed by atoms with van der Waals surface area (Å²) in [6, 6.07) is 5.34. The Hall–Kier alpha value is -2.65. The molecule has 0 radical (unpaired) electrons. The molecule has 0 spiro atoms. The first-order chi connectivity index (χ1) is 14.6. The second kappa shape index (κ2) is 6.67. The molecule has 5 nitrogen and oxygen atoms in total.